The normalized spacial score (nSPS) is 11.9. The van der Waals surface area contributed by atoms with Crippen LogP contribution in [-0.4, -0.2) is 16.2 Å². The summed E-state index contributed by atoms with van der Waals surface area (Å²) >= 11 is 0. The average Bonchev–Trinajstić information content (AvgIpc) is 2.14. The molecule has 0 bridgehead atoms. The molecule has 5 heteroatoms. The highest BCUT2D eigenvalue weighted by molar-refractivity contribution is 5.11. The van der Waals surface area contributed by atoms with Gasteiger partial charge in [-0.05, 0) is 24.6 Å². The predicted molar refractivity (Wildman–Crippen MR) is 52.5 cm³/mol. The molecule has 0 aliphatic rings. The molecule has 0 fully saturated rings. The Bertz CT molecular complexity index is 344. The van der Waals surface area contributed by atoms with Crippen molar-refractivity contribution in [3.63, 3.8) is 0 Å². The molecule has 0 amide bonds. The number of rotatable bonds is 4. The third-order valence-electron chi connectivity index (χ3n) is 1.66. The summed E-state index contributed by atoms with van der Waals surface area (Å²) in [5.74, 6) is 0. The zero-order valence-electron chi connectivity index (χ0n) is 7.96. The van der Waals surface area contributed by atoms with Crippen LogP contribution in [0.25, 0.3) is 10.4 Å². The molecule has 1 atom stereocenters. The van der Waals surface area contributed by atoms with Gasteiger partial charge in [-0.15, -0.1) is 0 Å². The van der Waals surface area contributed by atoms with Crippen molar-refractivity contribution in [3.8, 4) is 0 Å². The Kier molecular flexibility index (Phi) is 3.91. The van der Waals surface area contributed by atoms with E-state index in [1.54, 1.807) is 13.0 Å². The fraction of sp³-hybridized carbons (Fsp3) is 0.444. The van der Waals surface area contributed by atoms with Crippen LogP contribution >= 0.6 is 0 Å². The Balaban J connectivity index is 2.73. The van der Waals surface area contributed by atoms with Gasteiger partial charge in [-0.3, -0.25) is 4.98 Å². The quantitative estimate of drug-likeness (QED) is 0.448. The largest absolute Gasteiger partial charge is 0.393 e. The van der Waals surface area contributed by atoms with Crippen LogP contribution in [0, 0.1) is 0 Å². The maximum Gasteiger partial charge on any atom is 0.0684 e. The molecule has 1 aromatic rings. The molecule has 1 N–H and O–H groups in total. The van der Waals surface area contributed by atoms with E-state index in [0.717, 1.165) is 11.4 Å². The lowest BCUT2D eigenvalue weighted by Gasteiger charge is -2.04. The van der Waals surface area contributed by atoms with Gasteiger partial charge < -0.3 is 5.11 Å². The van der Waals surface area contributed by atoms with Gasteiger partial charge in [-0.2, -0.15) is 0 Å². The number of hydrogen-bond acceptors (Lipinski definition) is 3. The minimum Gasteiger partial charge on any atom is -0.393 e. The number of pyridine rings is 1. The standard InChI is InChI=1S/C9H12N4O/c1-7(14)5-8-3-2-4-9(12-8)6-11-13-10/h2-4,7,14H,5-6H2,1H3. The first-order valence-electron chi connectivity index (χ1n) is 4.36. The van der Waals surface area contributed by atoms with Gasteiger partial charge in [0.25, 0.3) is 0 Å². The molecule has 1 aromatic heterocycles. The Morgan fingerprint density at radius 1 is 1.57 bits per heavy atom. The SMILES string of the molecule is CC(O)Cc1cccc(CN=[N+]=[N-])n1. The van der Waals surface area contributed by atoms with Crippen molar-refractivity contribution < 1.29 is 5.11 Å². The Hall–Kier alpha value is -1.58. The van der Waals surface area contributed by atoms with Crippen molar-refractivity contribution in [1.29, 1.82) is 0 Å². The lowest BCUT2D eigenvalue weighted by atomic mass is 10.2. The van der Waals surface area contributed by atoms with Gasteiger partial charge in [-0.1, -0.05) is 11.2 Å². The smallest absolute Gasteiger partial charge is 0.0684 e. The molecule has 0 aromatic carbocycles. The van der Waals surface area contributed by atoms with Crippen molar-refractivity contribution in [2.75, 3.05) is 0 Å². The van der Waals surface area contributed by atoms with Crippen LogP contribution in [0.4, 0.5) is 0 Å². The molecule has 5 nitrogen and oxygen atoms in total. The van der Waals surface area contributed by atoms with E-state index >= 15 is 0 Å². The monoisotopic (exact) mass is 192 g/mol. The van der Waals surface area contributed by atoms with E-state index in [-0.39, 0.29) is 6.54 Å². The molecule has 0 aliphatic heterocycles. The summed E-state index contributed by atoms with van der Waals surface area (Å²) in [5, 5.41) is 12.6. The Labute approximate surface area is 82.0 Å². The van der Waals surface area contributed by atoms with Gasteiger partial charge >= 0.3 is 0 Å². The summed E-state index contributed by atoms with van der Waals surface area (Å²) in [6.07, 6.45) is 0.113. The number of nitrogens with zero attached hydrogens (tertiary/aromatic N) is 4. The van der Waals surface area contributed by atoms with Gasteiger partial charge in [0, 0.05) is 22.7 Å². The number of hydrogen-bond donors (Lipinski definition) is 1. The summed E-state index contributed by atoms with van der Waals surface area (Å²) in [6, 6.07) is 5.47. The van der Waals surface area contributed by atoms with Gasteiger partial charge in [-0.25, -0.2) is 0 Å². The molecule has 0 saturated heterocycles. The van der Waals surface area contributed by atoms with E-state index in [1.165, 1.54) is 0 Å². The van der Waals surface area contributed by atoms with Crippen molar-refractivity contribution in [2.45, 2.75) is 26.0 Å². The average molecular weight is 192 g/mol. The molecule has 1 rings (SSSR count). The van der Waals surface area contributed by atoms with Crippen molar-refractivity contribution in [3.05, 3.63) is 40.0 Å². The van der Waals surface area contributed by atoms with Crippen LogP contribution in [0.1, 0.15) is 18.3 Å². The number of aliphatic hydroxyl groups is 1. The number of azide groups is 1. The number of aromatic nitrogens is 1. The van der Waals surface area contributed by atoms with Crippen LogP contribution in [0.2, 0.25) is 0 Å². The molecule has 1 heterocycles. The molecule has 0 spiro atoms. The third kappa shape index (κ3) is 3.43. The minimum absolute atomic E-state index is 0.254. The molecular formula is C9H12N4O. The van der Waals surface area contributed by atoms with E-state index in [1.807, 2.05) is 12.1 Å². The van der Waals surface area contributed by atoms with Crippen molar-refractivity contribution >= 4 is 0 Å². The molecule has 0 aliphatic carbocycles. The third-order valence-corrected chi connectivity index (χ3v) is 1.66. The topological polar surface area (TPSA) is 81.9 Å². The van der Waals surface area contributed by atoms with Crippen LogP contribution < -0.4 is 0 Å². The van der Waals surface area contributed by atoms with E-state index in [0.29, 0.717) is 6.42 Å². The zero-order valence-corrected chi connectivity index (χ0v) is 7.96. The highest BCUT2D eigenvalue weighted by Crippen LogP contribution is 2.03. The van der Waals surface area contributed by atoms with Crippen LogP contribution in [0.3, 0.4) is 0 Å². The number of aliphatic hydroxyl groups excluding tert-OH is 1. The maximum atomic E-state index is 9.15. The summed E-state index contributed by atoms with van der Waals surface area (Å²) in [6.45, 7) is 1.96. The van der Waals surface area contributed by atoms with E-state index < -0.39 is 6.10 Å². The Morgan fingerprint density at radius 2 is 2.29 bits per heavy atom. The second kappa shape index (κ2) is 5.21. The highest BCUT2D eigenvalue weighted by atomic mass is 16.3. The van der Waals surface area contributed by atoms with Gasteiger partial charge in [0.2, 0.25) is 0 Å². The van der Waals surface area contributed by atoms with Gasteiger partial charge in [0.05, 0.1) is 12.6 Å². The lowest BCUT2D eigenvalue weighted by Crippen LogP contribution is -2.06. The van der Waals surface area contributed by atoms with E-state index in [9.17, 15) is 0 Å². The van der Waals surface area contributed by atoms with Gasteiger partial charge in [0.1, 0.15) is 0 Å². The lowest BCUT2D eigenvalue weighted by molar-refractivity contribution is 0.194. The minimum atomic E-state index is -0.405. The molecule has 0 saturated carbocycles. The fourth-order valence-corrected chi connectivity index (χ4v) is 1.14. The summed E-state index contributed by atoms with van der Waals surface area (Å²) in [5.41, 5.74) is 9.67. The van der Waals surface area contributed by atoms with E-state index in [4.69, 9.17) is 10.6 Å². The predicted octanol–water partition coefficient (Wildman–Crippen LogP) is 1.82. The van der Waals surface area contributed by atoms with Crippen LogP contribution in [0.5, 0.6) is 0 Å². The summed E-state index contributed by atoms with van der Waals surface area (Å²) in [4.78, 5) is 6.88. The second-order valence-electron chi connectivity index (χ2n) is 3.06. The second-order valence-corrected chi connectivity index (χ2v) is 3.06. The molecule has 14 heavy (non-hydrogen) atoms. The summed E-state index contributed by atoms with van der Waals surface area (Å²) in [7, 11) is 0. The van der Waals surface area contributed by atoms with E-state index in [2.05, 4.69) is 15.0 Å². The first kappa shape index (κ1) is 10.5. The van der Waals surface area contributed by atoms with Crippen LogP contribution in [-0.2, 0) is 13.0 Å². The fourth-order valence-electron chi connectivity index (χ4n) is 1.14. The first-order valence-corrected chi connectivity index (χ1v) is 4.36. The zero-order chi connectivity index (χ0) is 10.4. The molecule has 1 unspecified atom stereocenters. The maximum absolute atomic E-state index is 9.15. The Morgan fingerprint density at radius 3 is 2.93 bits per heavy atom. The molecule has 74 valence electrons. The van der Waals surface area contributed by atoms with Crippen LogP contribution in [0.15, 0.2) is 23.3 Å². The van der Waals surface area contributed by atoms with Gasteiger partial charge in [0.15, 0.2) is 0 Å². The first-order chi connectivity index (χ1) is 6.72. The molecular weight excluding hydrogens is 180 g/mol. The summed E-state index contributed by atoms with van der Waals surface area (Å²) < 4.78 is 0. The highest BCUT2D eigenvalue weighted by Gasteiger charge is 2.00. The van der Waals surface area contributed by atoms with Crippen molar-refractivity contribution in [1.82, 2.24) is 4.98 Å². The van der Waals surface area contributed by atoms with Crippen molar-refractivity contribution in [2.24, 2.45) is 5.11 Å². The molecule has 0 radical (unpaired) electrons.